The van der Waals surface area contributed by atoms with Crippen molar-refractivity contribution in [3.63, 3.8) is 0 Å². The third-order valence-electron chi connectivity index (χ3n) is 3.66. The van der Waals surface area contributed by atoms with E-state index in [1.165, 1.54) is 23.5 Å². The minimum Gasteiger partial charge on any atom is -0.440 e. The summed E-state index contributed by atoms with van der Waals surface area (Å²) in [6, 6.07) is 8.15. The van der Waals surface area contributed by atoms with Gasteiger partial charge in [-0.2, -0.15) is 0 Å². The van der Waals surface area contributed by atoms with Crippen molar-refractivity contribution in [2.45, 2.75) is 20.3 Å². The molecule has 0 bridgehead atoms. The SMILES string of the molecule is Cc1ccc([N+](=O)[O-])cc1NC(=O)Cc1nc(-c2cccs2)oc1C. The molecule has 25 heavy (non-hydrogen) atoms. The number of hydrogen-bond acceptors (Lipinski definition) is 6. The van der Waals surface area contributed by atoms with Crippen molar-refractivity contribution >= 4 is 28.6 Å². The lowest BCUT2D eigenvalue weighted by Crippen LogP contribution is -2.16. The minimum absolute atomic E-state index is 0.0306. The number of non-ortho nitro benzene ring substituents is 1. The van der Waals surface area contributed by atoms with Crippen LogP contribution in [0.2, 0.25) is 0 Å². The molecule has 0 aliphatic heterocycles. The number of nitro benzene ring substituents is 1. The minimum atomic E-state index is -0.496. The first-order valence-electron chi connectivity index (χ1n) is 7.49. The Kier molecular flexibility index (Phi) is 4.62. The number of aromatic nitrogens is 1. The number of nitrogens with one attached hydrogen (secondary N) is 1. The number of carbonyl (C=O) groups excluding carboxylic acids is 1. The van der Waals surface area contributed by atoms with Crippen molar-refractivity contribution in [3.8, 4) is 10.8 Å². The molecule has 0 saturated carbocycles. The van der Waals surface area contributed by atoms with E-state index in [2.05, 4.69) is 10.3 Å². The molecule has 3 aromatic rings. The molecular formula is C17H15N3O4S. The summed E-state index contributed by atoms with van der Waals surface area (Å²) in [4.78, 5) is 27.9. The van der Waals surface area contributed by atoms with Crippen molar-refractivity contribution in [2.24, 2.45) is 0 Å². The first-order valence-corrected chi connectivity index (χ1v) is 8.37. The second-order valence-corrected chi connectivity index (χ2v) is 6.43. The zero-order chi connectivity index (χ0) is 18.0. The number of thiophene rings is 1. The largest absolute Gasteiger partial charge is 0.440 e. The van der Waals surface area contributed by atoms with Crippen LogP contribution in [0.25, 0.3) is 10.8 Å². The molecule has 8 heteroatoms. The number of carbonyl (C=O) groups is 1. The monoisotopic (exact) mass is 357 g/mol. The highest BCUT2D eigenvalue weighted by Gasteiger charge is 2.17. The van der Waals surface area contributed by atoms with Crippen molar-refractivity contribution in [2.75, 3.05) is 5.32 Å². The molecule has 0 atom stereocenters. The van der Waals surface area contributed by atoms with Gasteiger partial charge in [-0.3, -0.25) is 14.9 Å². The number of aryl methyl sites for hydroxylation is 2. The van der Waals surface area contributed by atoms with Crippen LogP contribution >= 0.6 is 11.3 Å². The fraction of sp³-hybridized carbons (Fsp3) is 0.176. The molecule has 1 N–H and O–H groups in total. The summed E-state index contributed by atoms with van der Waals surface area (Å²) in [5.74, 6) is 0.758. The van der Waals surface area contributed by atoms with Crippen LogP contribution in [0.5, 0.6) is 0 Å². The summed E-state index contributed by atoms with van der Waals surface area (Å²) in [6.07, 6.45) is 0.0306. The standard InChI is InChI=1S/C17H15N3O4S/c1-10-5-6-12(20(22)23)8-13(10)18-16(21)9-14-11(2)24-17(19-14)15-4-3-7-25-15/h3-8H,9H2,1-2H3,(H,18,21). The third kappa shape index (κ3) is 3.74. The Bertz CT molecular complexity index is 932. The van der Waals surface area contributed by atoms with Crippen molar-refractivity contribution < 1.29 is 14.1 Å². The Balaban J connectivity index is 1.75. The zero-order valence-corrected chi connectivity index (χ0v) is 14.4. The molecule has 1 aromatic carbocycles. The van der Waals surface area contributed by atoms with Gasteiger partial charge in [0.25, 0.3) is 5.69 Å². The summed E-state index contributed by atoms with van der Waals surface area (Å²) in [6.45, 7) is 3.53. The predicted molar refractivity (Wildman–Crippen MR) is 94.7 cm³/mol. The van der Waals surface area contributed by atoms with Gasteiger partial charge in [0.1, 0.15) is 5.76 Å². The summed E-state index contributed by atoms with van der Waals surface area (Å²) in [5, 5.41) is 15.5. The Labute approximate surface area is 147 Å². The van der Waals surface area contributed by atoms with Gasteiger partial charge in [0.2, 0.25) is 11.8 Å². The van der Waals surface area contributed by atoms with Crippen molar-refractivity contribution in [1.82, 2.24) is 4.98 Å². The fourth-order valence-electron chi connectivity index (χ4n) is 2.30. The van der Waals surface area contributed by atoms with Gasteiger partial charge in [-0.1, -0.05) is 12.1 Å². The van der Waals surface area contributed by atoms with Crippen LogP contribution in [-0.4, -0.2) is 15.8 Å². The lowest BCUT2D eigenvalue weighted by molar-refractivity contribution is -0.384. The number of rotatable bonds is 5. The van der Waals surface area contributed by atoms with E-state index in [4.69, 9.17) is 4.42 Å². The Morgan fingerprint density at radius 2 is 2.16 bits per heavy atom. The maximum absolute atomic E-state index is 12.3. The highest BCUT2D eigenvalue weighted by Crippen LogP contribution is 2.26. The molecule has 0 radical (unpaired) electrons. The smallest absolute Gasteiger partial charge is 0.271 e. The van der Waals surface area contributed by atoms with Gasteiger partial charge in [0.05, 0.1) is 27.6 Å². The van der Waals surface area contributed by atoms with Crippen LogP contribution in [0, 0.1) is 24.0 Å². The van der Waals surface area contributed by atoms with Crippen LogP contribution in [0.15, 0.2) is 40.1 Å². The second-order valence-electron chi connectivity index (χ2n) is 5.48. The van der Waals surface area contributed by atoms with E-state index in [1.54, 1.807) is 19.9 Å². The molecule has 3 rings (SSSR count). The van der Waals surface area contributed by atoms with Crippen LogP contribution in [-0.2, 0) is 11.2 Å². The maximum Gasteiger partial charge on any atom is 0.271 e. The highest BCUT2D eigenvalue weighted by atomic mass is 32.1. The average Bonchev–Trinajstić information content (AvgIpc) is 3.20. The first kappa shape index (κ1) is 16.8. The normalized spacial score (nSPS) is 10.6. The summed E-state index contributed by atoms with van der Waals surface area (Å²) >= 11 is 1.51. The number of amides is 1. The Morgan fingerprint density at radius 1 is 1.36 bits per heavy atom. The summed E-state index contributed by atoms with van der Waals surface area (Å²) in [5.41, 5.74) is 1.64. The van der Waals surface area contributed by atoms with E-state index < -0.39 is 4.92 Å². The maximum atomic E-state index is 12.3. The van der Waals surface area contributed by atoms with E-state index in [0.717, 1.165) is 10.4 Å². The first-order chi connectivity index (χ1) is 11.9. The number of anilines is 1. The molecule has 0 spiro atoms. The van der Waals surface area contributed by atoms with Gasteiger partial charge < -0.3 is 9.73 Å². The van der Waals surface area contributed by atoms with Gasteiger partial charge in [-0.15, -0.1) is 11.3 Å². The third-order valence-corrected chi connectivity index (χ3v) is 4.52. The number of oxazole rings is 1. The Hall–Kier alpha value is -3.00. The van der Waals surface area contributed by atoms with Gasteiger partial charge >= 0.3 is 0 Å². The molecule has 7 nitrogen and oxygen atoms in total. The van der Waals surface area contributed by atoms with E-state index in [-0.39, 0.29) is 18.0 Å². The number of nitrogens with zero attached hydrogens (tertiary/aromatic N) is 2. The number of hydrogen-bond donors (Lipinski definition) is 1. The molecule has 0 aliphatic carbocycles. The van der Waals surface area contributed by atoms with Crippen LogP contribution in [0.4, 0.5) is 11.4 Å². The topological polar surface area (TPSA) is 98.3 Å². The van der Waals surface area contributed by atoms with E-state index >= 15 is 0 Å². The van der Waals surface area contributed by atoms with E-state index in [1.807, 2.05) is 17.5 Å². The molecule has 1 amide bonds. The summed E-state index contributed by atoms with van der Waals surface area (Å²) < 4.78 is 5.61. The predicted octanol–water partition coefficient (Wildman–Crippen LogP) is 4.11. The van der Waals surface area contributed by atoms with E-state index in [9.17, 15) is 14.9 Å². The molecule has 2 heterocycles. The van der Waals surface area contributed by atoms with Crippen molar-refractivity contribution in [3.05, 3.63) is 62.8 Å². The fourth-order valence-corrected chi connectivity index (χ4v) is 2.95. The van der Waals surface area contributed by atoms with Crippen LogP contribution in [0.3, 0.4) is 0 Å². The molecule has 2 aromatic heterocycles. The van der Waals surface area contributed by atoms with Gasteiger partial charge in [0.15, 0.2) is 0 Å². The average molecular weight is 357 g/mol. The molecule has 0 aliphatic rings. The van der Waals surface area contributed by atoms with Gasteiger partial charge in [-0.25, -0.2) is 4.98 Å². The highest BCUT2D eigenvalue weighted by molar-refractivity contribution is 7.13. The molecule has 0 unspecified atom stereocenters. The van der Waals surface area contributed by atoms with Gasteiger partial charge in [0, 0.05) is 12.1 Å². The Morgan fingerprint density at radius 3 is 2.84 bits per heavy atom. The summed E-state index contributed by atoms with van der Waals surface area (Å²) in [7, 11) is 0. The van der Waals surface area contributed by atoms with Crippen LogP contribution in [0.1, 0.15) is 17.0 Å². The second kappa shape index (κ2) is 6.86. The molecule has 128 valence electrons. The lowest BCUT2D eigenvalue weighted by Gasteiger charge is -2.07. The lowest BCUT2D eigenvalue weighted by atomic mass is 10.1. The van der Waals surface area contributed by atoms with Crippen molar-refractivity contribution in [1.29, 1.82) is 0 Å². The zero-order valence-electron chi connectivity index (χ0n) is 13.6. The van der Waals surface area contributed by atoms with E-state index in [0.29, 0.717) is 23.0 Å². The quantitative estimate of drug-likeness (QED) is 0.547. The molecule has 0 fully saturated rings. The van der Waals surface area contributed by atoms with Gasteiger partial charge in [-0.05, 0) is 30.9 Å². The number of nitro groups is 1. The number of benzene rings is 1. The molecular weight excluding hydrogens is 342 g/mol. The molecule has 0 saturated heterocycles. The van der Waals surface area contributed by atoms with Crippen LogP contribution < -0.4 is 5.32 Å².